The number of carboxylic acids is 1. The number of carbonyl (C=O) groups is 2. The van der Waals surface area contributed by atoms with E-state index in [9.17, 15) is 9.59 Å². The second-order valence-corrected chi connectivity index (χ2v) is 5.61. The van der Waals surface area contributed by atoms with Crippen LogP contribution in [0.2, 0.25) is 0 Å². The maximum absolute atomic E-state index is 11.9. The van der Waals surface area contributed by atoms with Crippen LogP contribution in [0.25, 0.3) is 0 Å². The van der Waals surface area contributed by atoms with Crippen LogP contribution < -0.4 is 5.32 Å². The van der Waals surface area contributed by atoms with Gasteiger partial charge in [0.2, 0.25) is 0 Å². The Balaban J connectivity index is 1.81. The van der Waals surface area contributed by atoms with Crippen molar-refractivity contribution in [3.8, 4) is 0 Å². The van der Waals surface area contributed by atoms with Gasteiger partial charge >= 0.3 is 12.0 Å². The average molecular weight is 255 g/mol. The molecule has 1 aliphatic heterocycles. The summed E-state index contributed by atoms with van der Waals surface area (Å²) in [4.78, 5) is 27.0. The highest BCUT2D eigenvalue weighted by atomic mass is 16.4. The van der Waals surface area contributed by atoms with Crippen LogP contribution in [0.1, 0.15) is 26.7 Å². The smallest absolute Gasteiger partial charge is 0.328 e. The van der Waals surface area contributed by atoms with E-state index in [-0.39, 0.29) is 6.03 Å². The molecular weight excluding hydrogens is 234 g/mol. The Morgan fingerprint density at radius 3 is 2.17 bits per heavy atom. The molecule has 1 saturated heterocycles. The van der Waals surface area contributed by atoms with E-state index in [2.05, 4.69) is 10.2 Å². The van der Waals surface area contributed by atoms with Crippen molar-refractivity contribution in [3.63, 3.8) is 0 Å². The third-order valence-electron chi connectivity index (χ3n) is 3.62. The Hall–Kier alpha value is -1.30. The minimum absolute atomic E-state index is 0.280. The summed E-state index contributed by atoms with van der Waals surface area (Å²) in [7, 11) is 0. The first-order valence-electron chi connectivity index (χ1n) is 6.45. The van der Waals surface area contributed by atoms with Crippen LogP contribution in [0.5, 0.6) is 0 Å². The van der Waals surface area contributed by atoms with Crippen molar-refractivity contribution in [1.82, 2.24) is 15.1 Å². The fourth-order valence-corrected chi connectivity index (χ4v) is 2.13. The zero-order chi connectivity index (χ0) is 13.3. The molecule has 2 fully saturated rings. The number of aliphatic carboxylic acids is 1. The summed E-state index contributed by atoms with van der Waals surface area (Å²) in [6.07, 6.45) is 2.55. The molecule has 0 bridgehead atoms. The number of hydrogen-bond donors (Lipinski definition) is 2. The van der Waals surface area contributed by atoms with E-state index in [1.165, 1.54) is 26.7 Å². The molecule has 0 aromatic rings. The van der Waals surface area contributed by atoms with Crippen molar-refractivity contribution < 1.29 is 14.7 Å². The molecule has 1 aliphatic carbocycles. The monoisotopic (exact) mass is 255 g/mol. The Morgan fingerprint density at radius 2 is 1.72 bits per heavy atom. The first-order valence-corrected chi connectivity index (χ1v) is 6.45. The predicted octanol–water partition coefficient (Wildman–Crippen LogP) is 0.339. The van der Waals surface area contributed by atoms with E-state index in [4.69, 9.17) is 5.11 Å². The lowest BCUT2D eigenvalue weighted by molar-refractivity contribution is -0.143. The van der Waals surface area contributed by atoms with Crippen molar-refractivity contribution in [2.45, 2.75) is 38.3 Å². The van der Waals surface area contributed by atoms with Crippen LogP contribution in [-0.4, -0.2) is 64.7 Å². The molecule has 2 aliphatic rings. The van der Waals surface area contributed by atoms with Gasteiger partial charge < -0.3 is 15.3 Å². The summed E-state index contributed by atoms with van der Waals surface area (Å²) in [5.74, 6) is -1.02. The minimum Gasteiger partial charge on any atom is -0.480 e. The standard InChI is InChI=1S/C12H21N3O3/c1-12(2,10(16)17)13-11(18)15-7-5-14(6-8-15)9-3-4-9/h9H,3-8H2,1-2H3,(H,13,18)(H,16,17). The number of urea groups is 1. The summed E-state index contributed by atoms with van der Waals surface area (Å²) in [6.45, 7) is 6.13. The maximum Gasteiger partial charge on any atom is 0.328 e. The predicted molar refractivity (Wildman–Crippen MR) is 66.4 cm³/mol. The molecule has 2 amide bonds. The number of carbonyl (C=O) groups excluding carboxylic acids is 1. The topological polar surface area (TPSA) is 72.9 Å². The van der Waals surface area contributed by atoms with Crippen LogP contribution in [0, 0.1) is 0 Å². The highest BCUT2D eigenvalue weighted by Crippen LogP contribution is 2.27. The van der Waals surface area contributed by atoms with E-state index < -0.39 is 11.5 Å². The quantitative estimate of drug-likeness (QED) is 0.762. The molecule has 0 spiro atoms. The zero-order valence-corrected chi connectivity index (χ0v) is 11.0. The zero-order valence-electron chi connectivity index (χ0n) is 11.0. The highest BCUT2D eigenvalue weighted by molar-refractivity contribution is 5.85. The number of amides is 2. The van der Waals surface area contributed by atoms with Gasteiger partial charge in [0.25, 0.3) is 0 Å². The molecule has 1 saturated carbocycles. The lowest BCUT2D eigenvalue weighted by Crippen LogP contribution is -2.58. The second-order valence-electron chi connectivity index (χ2n) is 5.61. The van der Waals surface area contributed by atoms with Crippen molar-refractivity contribution in [2.24, 2.45) is 0 Å². The van der Waals surface area contributed by atoms with Gasteiger partial charge in [0.05, 0.1) is 0 Å². The van der Waals surface area contributed by atoms with Crippen molar-refractivity contribution in [1.29, 1.82) is 0 Å². The van der Waals surface area contributed by atoms with E-state index >= 15 is 0 Å². The van der Waals surface area contributed by atoms with Gasteiger partial charge in [-0.1, -0.05) is 0 Å². The van der Waals surface area contributed by atoms with Gasteiger partial charge in [0.15, 0.2) is 0 Å². The number of piperazine rings is 1. The Morgan fingerprint density at radius 1 is 1.17 bits per heavy atom. The van der Waals surface area contributed by atoms with Gasteiger partial charge in [-0.25, -0.2) is 9.59 Å². The van der Waals surface area contributed by atoms with E-state index in [1.807, 2.05) is 0 Å². The summed E-state index contributed by atoms with van der Waals surface area (Å²) >= 11 is 0. The molecule has 0 aromatic carbocycles. The largest absolute Gasteiger partial charge is 0.480 e. The summed E-state index contributed by atoms with van der Waals surface area (Å²) < 4.78 is 0. The normalized spacial score (nSPS) is 21.8. The van der Waals surface area contributed by atoms with Crippen LogP contribution in [0.15, 0.2) is 0 Å². The van der Waals surface area contributed by atoms with E-state index in [0.29, 0.717) is 13.1 Å². The second kappa shape index (κ2) is 4.76. The van der Waals surface area contributed by atoms with Crippen molar-refractivity contribution in [2.75, 3.05) is 26.2 Å². The molecule has 102 valence electrons. The van der Waals surface area contributed by atoms with E-state index in [0.717, 1.165) is 19.1 Å². The molecular formula is C12H21N3O3. The minimum atomic E-state index is -1.22. The third kappa shape index (κ3) is 2.93. The summed E-state index contributed by atoms with van der Waals surface area (Å²) in [6, 6.07) is 0.448. The summed E-state index contributed by atoms with van der Waals surface area (Å²) in [5, 5.41) is 11.5. The number of rotatable bonds is 3. The average Bonchev–Trinajstić information content (AvgIpc) is 3.12. The molecule has 1 heterocycles. The fourth-order valence-electron chi connectivity index (χ4n) is 2.13. The van der Waals surface area contributed by atoms with Crippen LogP contribution >= 0.6 is 0 Å². The fraction of sp³-hybridized carbons (Fsp3) is 0.833. The highest BCUT2D eigenvalue weighted by Gasteiger charge is 2.34. The van der Waals surface area contributed by atoms with Crippen molar-refractivity contribution in [3.05, 3.63) is 0 Å². The number of hydrogen-bond acceptors (Lipinski definition) is 3. The molecule has 6 heteroatoms. The molecule has 0 atom stereocenters. The van der Waals surface area contributed by atoms with Gasteiger partial charge in [0.1, 0.15) is 5.54 Å². The number of nitrogens with one attached hydrogen (secondary N) is 1. The van der Waals surface area contributed by atoms with Gasteiger partial charge in [-0.2, -0.15) is 0 Å². The van der Waals surface area contributed by atoms with Gasteiger partial charge in [-0.3, -0.25) is 4.90 Å². The van der Waals surface area contributed by atoms with E-state index in [1.54, 1.807) is 4.90 Å². The molecule has 0 aromatic heterocycles. The first kappa shape index (κ1) is 13.1. The van der Waals surface area contributed by atoms with Gasteiger partial charge in [-0.15, -0.1) is 0 Å². The molecule has 2 N–H and O–H groups in total. The van der Waals surface area contributed by atoms with Crippen LogP contribution in [0.3, 0.4) is 0 Å². The molecule has 0 radical (unpaired) electrons. The maximum atomic E-state index is 11.9. The molecule has 6 nitrogen and oxygen atoms in total. The van der Waals surface area contributed by atoms with Crippen molar-refractivity contribution >= 4 is 12.0 Å². The SMILES string of the molecule is CC(C)(NC(=O)N1CCN(C2CC2)CC1)C(=O)O. The van der Waals surface area contributed by atoms with Crippen LogP contribution in [0.4, 0.5) is 4.79 Å². The van der Waals surface area contributed by atoms with Gasteiger partial charge in [0, 0.05) is 32.2 Å². The molecule has 0 unspecified atom stereocenters. The number of carboxylic acid groups (broad SMARTS) is 1. The Kier molecular flexibility index (Phi) is 3.47. The van der Waals surface area contributed by atoms with Gasteiger partial charge in [-0.05, 0) is 26.7 Å². The number of nitrogens with zero attached hydrogens (tertiary/aromatic N) is 2. The van der Waals surface area contributed by atoms with Crippen LogP contribution in [-0.2, 0) is 4.79 Å². The molecule has 2 rings (SSSR count). The summed E-state index contributed by atoms with van der Waals surface area (Å²) in [5.41, 5.74) is -1.22. The Bertz CT molecular complexity index is 344. The first-order chi connectivity index (χ1) is 8.40. The third-order valence-corrected chi connectivity index (χ3v) is 3.62. The lowest BCUT2D eigenvalue weighted by atomic mass is 10.1. The molecule has 18 heavy (non-hydrogen) atoms. The lowest BCUT2D eigenvalue weighted by Gasteiger charge is -2.36. The Labute approximate surface area is 107 Å².